The Morgan fingerprint density at radius 3 is 3.07 bits per heavy atom. The molecule has 1 atom stereocenters. The maximum atomic E-state index is 10.5. The minimum absolute atomic E-state index is 0.279. The molecule has 0 aliphatic heterocycles. The Kier molecular flexibility index (Phi) is 2.54. The number of carbonyl (C=O) groups is 1. The molecule has 1 unspecified atom stereocenters. The van der Waals surface area contributed by atoms with Crippen LogP contribution in [0.5, 0.6) is 0 Å². The third-order valence-corrected chi connectivity index (χ3v) is 2.77. The molecule has 0 aliphatic carbocycles. The Labute approximate surface area is 88.7 Å². The van der Waals surface area contributed by atoms with Gasteiger partial charge in [-0.2, -0.15) is 0 Å². The van der Waals surface area contributed by atoms with Crippen LogP contribution < -0.4 is 0 Å². The summed E-state index contributed by atoms with van der Waals surface area (Å²) in [6, 6.07) is 6.16. The average Bonchev–Trinajstić information content (AvgIpc) is 2.60. The maximum Gasteiger partial charge on any atom is 0.120 e. The van der Waals surface area contributed by atoms with E-state index in [-0.39, 0.29) is 5.92 Å². The van der Waals surface area contributed by atoms with Gasteiger partial charge in [-0.1, -0.05) is 13.0 Å². The summed E-state index contributed by atoms with van der Waals surface area (Å²) < 4.78 is 1.99. The quantitative estimate of drug-likeness (QED) is 0.715. The lowest BCUT2D eigenvalue weighted by molar-refractivity contribution is -0.108. The average molecular weight is 202 g/mol. The van der Waals surface area contributed by atoms with Crippen LogP contribution in [-0.4, -0.2) is 15.8 Å². The van der Waals surface area contributed by atoms with E-state index in [0.29, 0.717) is 6.42 Å². The van der Waals surface area contributed by atoms with E-state index in [1.165, 1.54) is 5.56 Å². The molecule has 2 rings (SSSR count). The number of imidazole rings is 1. The van der Waals surface area contributed by atoms with E-state index in [2.05, 4.69) is 18.0 Å². The van der Waals surface area contributed by atoms with E-state index < -0.39 is 0 Å². The Morgan fingerprint density at radius 1 is 1.53 bits per heavy atom. The van der Waals surface area contributed by atoms with Gasteiger partial charge in [0.25, 0.3) is 0 Å². The first-order chi connectivity index (χ1) is 7.22. The lowest BCUT2D eigenvalue weighted by Crippen LogP contribution is -1.95. The van der Waals surface area contributed by atoms with Crippen molar-refractivity contribution >= 4 is 17.3 Å². The van der Waals surface area contributed by atoms with E-state index in [0.717, 1.165) is 17.3 Å². The largest absolute Gasteiger partial charge is 0.334 e. The summed E-state index contributed by atoms with van der Waals surface area (Å²) >= 11 is 0. The van der Waals surface area contributed by atoms with E-state index in [4.69, 9.17) is 0 Å². The SMILES string of the molecule is CC(CC=O)c1ccc2ncn(C)c2c1. The molecular formula is C12H14N2O. The van der Waals surface area contributed by atoms with E-state index >= 15 is 0 Å². The van der Waals surface area contributed by atoms with Crippen LogP contribution in [0.3, 0.4) is 0 Å². The van der Waals surface area contributed by atoms with Crippen LogP contribution in [0.2, 0.25) is 0 Å². The van der Waals surface area contributed by atoms with Crippen LogP contribution in [0, 0.1) is 0 Å². The van der Waals surface area contributed by atoms with Gasteiger partial charge < -0.3 is 9.36 Å². The van der Waals surface area contributed by atoms with Crippen molar-refractivity contribution in [3.8, 4) is 0 Å². The van der Waals surface area contributed by atoms with Crippen molar-refractivity contribution in [1.29, 1.82) is 0 Å². The zero-order valence-electron chi connectivity index (χ0n) is 8.97. The highest BCUT2D eigenvalue weighted by Gasteiger charge is 2.07. The molecular weight excluding hydrogens is 188 g/mol. The third kappa shape index (κ3) is 1.77. The molecule has 15 heavy (non-hydrogen) atoms. The summed E-state index contributed by atoms with van der Waals surface area (Å²) in [6.45, 7) is 2.06. The van der Waals surface area contributed by atoms with Crippen molar-refractivity contribution in [2.45, 2.75) is 19.3 Å². The molecule has 1 aromatic carbocycles. The number of nitrogens with zero attached hydrogens (tertiary/aromatic N) is 2. The van der Waals surface area contributed by atoms with E-state index in [9.17, 15) is 4.79 Å². The number of rotatable bonds is 3. The van der Waals surface area contributed by atoms with Crippen molar-refractivity contribution in [2.75, 3.05) is 0 Å². The van der Waals surface area contributed by atoms with E-state index in [1.54, 1.807) is 6.33 Å². The van der Waals surface area contributed by atoms with Crippen molar-refractivity contribution in [2.24, 2.45) is 7.05 Å². The zero-order chi connectivity index (χ0) is 10.8. The summed E-state index contributed by atoms with van der Waals surface area (Å²) in [6.07, 6.45) is 3.35. The number of carbonyl (C=O) groups excluding carboxylic acids is 1. The van der Waals surface area contributed by atoms with Crippen molar-refractivity contribution < 1.29 is 4.79 Å². The molecule has 0 amide bonds. The highest BCUT2D eigenvalue weighted by atomic mass is 16.1. The normalized spacial score (nSPS) is 12.9. The second-order valence-electron chi connectivity index (χ2n) is 3.91. The van der Waals surface area contributed by atoms with Gasteiger partial charge in [-0.25, -0.2) is 4.98 Å². The van der Waals surface area contributed by atoms with Crippen LogP contribution in [0.25, 0.3) is 11.0 Å². The molecule has 0 fully saturated rings. The van der Waals surface area contributed by atoms with Gasteiger partial charge in [-0.3, -0.25) is 0 Å². The standard InChI is InChI=1S/C12H14N2O/c1-9(5-6-15)10-3-4-11-12(7-10)14(2)8-13-11/h3-4,6-9H,5H2,1-2H3. The van der Waals surface area contributed by atoms with Gasteiger partial charge in [-0.05, 0) is 23.6 Å². The number of hydrogen-bond donors (Lipinski definition) is 0. The summed E-state index contributed by atoms with van der Waals surface area (Å²) in [4.78, 5) is 14.7. The highest BCUT2D eigenvalue weighted by Crippen LogP contribution is 2.22. The Bertz CT molecular complexity index is 487. The molecule has 0 radical (unpaired) electrons. The molecule has 3 nitrogen and oxygen atoms in total. The summed E-state index contributed by atoms with van der Waals surface area (Å²) in [5.41, 5.74) is 3.31. The fourth-order valence-corrected chi connectivity index (χ4v) is 1.73. The molecule has 0 aliphatic rings. The summed E-state index contributed by atoms with van der Waals surface area (Å²) in [5.74, 6) is 0.279. The Morgan fingerprint density at radius 2 is 2.33 bits per heavy atom. The van der Waals surface area contributed by atoms with Crippen LogP contribution in [0.15, 0.2) is 24.5 Å². The molecule has 0 saturated carbocycles. The first kappa shape index (κ1) is 9.90. The third-order valence-electron chi connectivity index (χ3n) is 2.77. The molecule has 0 saturated heterocycles. The Balaban J connectivity index is 2.45. The molecule has 0 spiro atoms. The molecule has 3 heteroatoms. The van der Waals surface area contributed by atoms with Gasteiger partial charge >= 0.3 is 0 Å². The maximum absolute atomic E-state index is 10.5. The van der Waals surface area contributed by atoms with Crippen molar-refractivity contribution in [1.82, 2.24) is 9.55 Å². The summed E-state index contributed by atoms with van der Waals surface area (Å²) in [5, 5.41) is 0. The lowest BCUT2D eigenvalue weighted by Gasteiger charge is -2.08. The fourth-order valence-electron chi connectivity index (χ4n) is 1.73. The molecule has 1 heterocycles. The van der Waals surface area contributed by atoms with Gasteiger partial charge in [0, 0.05) is 13.5 Å². The van der Waals surface area contributed by atoms with E-state index in [1.807, 2.05) is 23.7 Å². The minimum Gasteiger partial charge on any atom is -0.334 e. The molecule has 78 valence electrons. The molecule has 2 aromatic rings. The highest BCUT2D eigenvalue weighted by molar-refractivity contribution is 5.76. The van der Waals surface area contributed by atoms with Gasteiger partial charge in [0.05, 0.1) is 17.4 Å². The van der Waals surface area contributed by atoms with Gasteiger partial charge in [0.1, 0.15) is 6.29 Å². The van der Waals surface area contributed by atoms with Crippen molar-refractivity contribution in [3.05, 3.63) is 30.1 Å². The topological polar surface area (TPSA) is 34.9 Å². The second-order valence-corrected chi connectivity index (χ2v) is 3.91. The number of aldehydes is 1. The number of hydrogen-bond acceptors (Lipinski definition) is 2. The Hall–Kier alpha value is -1.64. The molecule has 1 aromatic heterocycles. The van der Waals surface area contributed by atoms with Crippen LogP contribution >= 0.6 is 0 Å². The zero-order valence-corrected chi connectivity index (χ0v) is 8.97. The number of aromatic nitrogens is 2. The van der Waals surface area contributed by atoms with Gasteiger partial charge in [0.15, 0.2) is 0 Å². The predicted molar refractivity (Wildman–Crippen MR) is 59.8 cm³/mol. The van der Waals surface area contributed by atoms with Crippen LogP contribution in [-0.2, 0) is 11.8 Å². The molecule has 0 N–H and O–H groups in total. The first-order valence-corrected chi connectivity index (χ1v) is 5.07. The number of benzene rings is 1. The van der Waals surface area contributed by atoms with Crippen molar-refractivity contribution in [3.63, 3.8) is 0 Å². The fraction of sp³-hybridized carbons (Fsp3) is 0.333. The van der Waals surface area contributed by atoms with Crippen LogP contribution in [0.4, 0.5) is 0 Å². The van der Waals surface area contributed by atoms with Crippen LogP contribution in [0.1, 0.15) is 24.8 Å². The first-order valence-electron chi connectivity index (χ1n) is 5.07. The second kappa shape index (κ2) is 3.85. The number of aryl methyl sites for hydroxylation is 1. The lowest BCUT2D eigenvalue weighted by atomic mass is 9.98. The molecule has 0 bridgehead atoms. The smallest absolute Gasteiger partial charge is 0.120 e. The summed E-state index contributed by atoms with van der Waals surface area (Å²) in [7, 11) is 1.98. The monoisotopic (exact) mass is 202 g/mol. The predicted octanol–water partition coefficient (Wildman–Crippen LogP) is 2.27. The van der Waals surface area contributed by atoms with Gasteiger partial charge in [-0.15, -0.1) is 0 Å². The van der Waals surface area contributed by atoms with Gasteiger partial charge in [0.2, 0.25) is 0 Å². The number of fused-ring (bicyclic) bond motifs is 1. The minimum atomic E-state index is 0.279.